The number of carbonyl (C=O) groups is 1. The largest absolute Gasteiger partial charge is 0.387 e. The number of rotatable bonds is 3. The second kappa shape index (κ2) is 6.84. The van der Waals surface area contributed by atoms with Gasteiger partial charge in [0.1, 0.15) is 5.02 Å². The fourth-order valence-corrected chi connectivity index (χ4v) is 3.52. The molecule has 0 saturated carbocycles. The van der Waals surface area contributed by atoms with Crippen molar-refractivity contribution in [2.45, 2.75) is 12.0 Å². The molecule has 1 atom stereocenters. The third-order valence-electron chi connectivity index (χ3n) is 4.84. The number of pyridine rings is 1. The molecule has 3 rings (SSSR count). The van der Waals surface area contributed by atoms with Crippen LogP contribution in [0.5, 0.6) is 0 Å². The number of likely N-dealkylation sites (tertiary alicyclic amines) is 1. The van der Waals surface area contributed by atoms with Crippen molar-refractivity contribution in [2.75, 3.05) is 52.9 Å². The highest BCUT2D eigenvalue weighted by atomic mass is 35.5. The predicted octanol–water partition coefficient (Wildman–Crippen LogP) is -0.147. The maximum Gasteiger partial charge on any atom is 0.266 e. The fourth-order valence-electron chi connectivity index (χ4n) is 3.34. The molecule has 0 bridgehead atoms. The van der Waals surface area contributed by atoms with E-state index in [0.29, 0.717) is 31.6 Å². The van der Waals surface area contributed by atoms with Crippen molar-refractivity contribution in [3.63, 3.8) is 0 Å². The standard InChI is InChI=1S/C16H23ClN4O3/c1-19-4-6-20(7-5-19)10-16(24)2-3-21(11-16)15(23)12-8-13(17)14(22)18-9-12/h8-9,24H,2-7,10-11H2,1H3,(H,18,22). The summed E-state index contributed by atoms with van der Waals surface area (Å²) >= 11 is 5.79. The first-order valence-electron chi connectivity index (χ1n) is 8.17. The van der Waals surface area contributed by atoms with Gasteiger partial charge in [0.25, 0.3) is 11.5 Å². The van der Waals surface area contributed by atoms with Crippen molar-refractivity contribution >= 4 is 17.5 Å². The number of halogens is 1. The van der Waals surface area contributed by atoms with E-state index in [2.05, 4.69) is 21.8 Å². The number of aromatic nitrogens is 1. The average molecular weight is 355 g/mol. The number of hydrogen-bond acceptors (Lipinski definition) is 5. The van der Waals surface area contributed by atoms with E-state index >= 15 is 0 Å². The quantitative estimate of drug-likeness (QED) is 0.789. The van der Waals surface area contributed by atoms with E-state index in [1.54, 1.807) is 4.90 Å². The van der Waals surface area contributed by atoms with Gasteiger partial charge in [0.15, 0.2) is 0 Å². The molecule has 7 nitrogen and oxygen atoms in total. The van der Waals surface area contributed by atoms with Gasteiger partial charge in [-0.15, -0.1) is 0 Å². The maximum absolute atomic E-state index is 12.5. The van der Waals surface area contributed by atoms with Gasteiger partial charge in [0, 0.05) is 45.5 Å². The first-order valence-corrected chi connectivity index (χ1v) is 8.55. The molecule has 132 valence electrons. The summed E-state index contributed by atoms with van der Waals surface area (Å²) in [4.78, 5) is 32.4. The monoisotopic (exact) mass is 354 g/mol. The fraction of sp³-hybridized carbons (Fsp3) is 0.625. The number of nitrogens with one attached hydrogen (secondary N) is 1. The second-order valence-corrected chi connectivity index (χ2v) is 7.25. The number of H-pyrrole nitrogens is 1. The number of aromatic amines is 1. The van der Waals surface area contributed by atoms with Gasteiger partial charge in [0.2, 0.25) is 0 Å². The summed E-state index contributed by atoms with van der Waals surface area (Å²) < 4.78 is 0. The molecule has 2 fully saturated rings. The Bertz CT molecular complexity index is 672. The molecule has 0 spiro atoms. The molecule has 2 N–H and O–H groups in total. The predicted molar refractivity (Wildman–Crippen MR) is 91.5 cm³/mol. The number of nitrogens with zero attached hydrogens (tertiary/aromatic N) is 3. The van der Waals surface area contributed by atoms with E-state index in [1.807, 2.05) is 0 Å². The Morgan fingerprint density at radius 3 is 2.71 bits per heavy atom. The molecule has 2 aliphatic rings. The summed E-state index contributed by atoms with van der Waals surface area (Å²) in [6.45, 7) is 5.24. The van der Waals surface area contributed by atoms with Crippen LogP contribution in [0, 0.1) is 0 Å². The molecular weight excluding hydrogens is 332 g/mol. The van der Waals surface area contributed by atoms with Gasteiger partial charge in [-0.3, -0.25) is 14.5 Å². The number of hydrogen-bond donors (Lipinski definition) is 2. The summed E-state index contributed by atoms with van der Waals surface area (Å²) in [7, 11) is 2.09. The van der Waals surface area contributed by atoms with Crippen LogP contribution >= 0.6 is 11.6 Å². The highest BCUT2D eigenvalue weighted by molar-refractivity contribution is 6.30. The first kappa shape index (κ1) is 17.4. The zero-order valence-electron chi connectivity index (χ0n) is 13.8. The highest BCUT2D eigenvalue weighted by Gasteiger charge is 2.40. The molecule has 2 aliphatic heterocycles. The number of likely N-dealkylation sites (N-methyl/N-ethyl adjacent to an activating group) is 1. The van der Waals surface area contributed by atoms with Crippen molar-refractivity contribution in [3.8, 4) is 0 Å². The zero-order chi connectivity index (χ0) is 17.3. The summed E-state index contributed by atoms with van der Waals surface area (Å²) in [5, 5.41) is 10.8. The van der Waals surface area contributed by atoms with Crippen LogP contribution in [-0.2, 0) is 0 Å². The normalized spacial score (nSPS) is 26.0. The summed E-state index contributed by atoms with van der Waals surface area (Å²) in [5.74, 6) is -0.220. The van der Waals surface area contributed by atoms with Crippen molar-refractivity contribution in [2.24, 2.45) is 0 Å². The van der Waals surface area contributed by atoms with Crippen LogP contribution in [0.3, 0.4) is 0 Å². The van der Waals surface area contributed by atoms with Crippen molar-refractivity contribution < 1.29 is 9.90 Å². The lowest BCUT2D eigenvalue weighted by atomic mass is 10.0. The van der Waals surface area contributed by atoms with Crippen LogP contribution in [0.15, 0.2) is 17.1 Å². The number of amides is 1. The number of carbonyl (C=O) groups excluding carboxylic acids is 1. The van der Waals surface area contributed by atoms with Gasteiger partial charge in [-0.05, 0) is 19.5 Å². The Hall–Kier alpha value is -1.41. The molecule has 0 aliphatic carbocycles. The van der Waals surface area contributed by atoms with Gasteiger partial charge in [-0.25, -0.2) is 0 Å². The molecule has 1 unspecified atom stereocenters. The molecule has 24 heavy (non-hydrogen) atoms. The Labute approximate surface area is 145 Å². The van der Waals surface area contributed by atoms with E-state index in [4.69, 9.17) is 11.6 Å². The second-order valence-electron chi connectivity index (χ2n) is 6.85. The molecule has 2 saturated heterocycles. The molecule has 0 aromatic carbocycles. The number of β-amino-alcohol motifs (C(OH)–C–C–N with tert-alkyl or cyclic N) is 1. The molecule has 1 aromatic rings. The minimum atomic E-state index is -0.877. The SMILES string of the molecule is CN1CCN(CC2(O)CCN(C(=O)c3c[nH]c(=O)c(Cl)c3)C2)CC1. The van der Waals surface area contributed by atoms with Crippen LogP contribution in [0.25, 0.3) is 0 Å². The molecule has 1 amide bonds. The lowest BCUT2D eigenvalue weighted by molar-refractivity contribution is 0.000521. The number of aliphatic hydroxyl groups is 1. The van der Waals surface area contributed by atoms with Crippen molar-refractivity contribution in [1.82, 2.24) is 19.7 Å². The Morgan fingerprint density at radius 1 is 1.33 bits per heavy atom. The molecular formula is C16H23ClN4O3. The van der Waals surface area contributed by atoms with Gasteiger partial charge in [-0.1, -0.05) is 11.6 Å². The van der Waals surface area contributed by atoms with Crippen LogP contribution in [0.2, 0.25) is 5.02 Å². The van der Waals surface area contributed by atoms with Crippen LogP contribution in [0.4, 0.5) is 0 Å². The topological polar surface area (TPSA) is 79.9 Å². The number of piperazine rings is 1. The van der Waals surface area contributed by atoms with Crippen LogP contribution < -0.4 is 5.56 Å². The lowest BCUT2D eigenvalue weighted by Gasteiger charge is -2.36. The third-order valence-corrected chi connectivity index (χ3v) is 5.12. The van der Waals surface area contributed by atoms with Gasteiger partial charge in [0.05, 0.1) is 17.7 Å². The molecule has 3 heterocycles. The third kappa shape index (κ3) is 3.80. The maximum atomic E-state index is 12.5. The lowest BCUT2D eigenvalue weighted by Crippen LogP contribution is -2.52. The van der Waals surface area contributed by atoms with Crippen molar-refractivity contribution in [3.05, 3.63) is 33.2 Å². The van der Waals surface area contributed by atoms with E-state index in [9.17, 15) is 14.7 Å². The molecule has 8 heteroatoms. The summed E-state index contributed by atoms with van der Waals surface area (Å²) in [6.07, 6.45) is 1.93. The Balaban J connectivity index is 1.62. The summed E-state index contributed by atoms with van der Waals surface area (Å²) in [6, 6.07) is 1.38. The highest BCUT2D eigenvalue weighted by Crippen LogP contribution is 2.24. The Morgan fingerprint density at radius 2 is 2.04 bits per heavy atom. The van der Waals surface area contributed by atoms with E-state index in [-0.39, 0.29) is 10.9 Å². The van der Waals surface area contributed by atoms with Gasteiger partial charge < -0.3 is 19.9 Å². The van der Waals surface area contributed by atoms with E-state index < -0.39 is 11.2 Å². The zero-order valence-corrected chi connectivity index (χ0v) is 14.6. The minimum Gasteiger partial charge on any atom is -0.387 e. The molecule has 1 aromatic heterocycles. The van der Waals surface area contributed by atoms with E-state index in [0.717, 1.165) is 26.2 Å². The smallest absolute Gasteiger partial charge is 0.266 e. The first-order chi connectivity index (χ1) is 11.4. The molecule has 0 radical (unpaired) electrons. The van der Waals surface area contributed by atoms with Gasteiger partial charge >= 0.3 is 0 Å². The van der Waals surface area contributed by atoms with Gasteiger partial charge in [-0.2, -0.15) is 0 Å². The van der Waals surface area contributed by atoms with E-state index in [1.165, 1.54) is 12.3 Å². The average Bonchev–Trinajstić information content (AvgIpc) is 2.94. The van der Waals surface area contributed by atoms with Crippen LogP contribution in [-0.4, -0.2) is 89.2 Å². The van der Waals surface area contributed by atoms with Crippen LogP contribution in [0.1, 0.15) is 16.8 Å². The Kier molecular flexibility index (Phi) is 4.96. The minimum absolute atomic E-state index is 0.00672. The summed E-state index contributed by atoms with van der Waals surface area (Å²) in [5.41, 5.74) is -0.956. The van der Waals surface area contributed by atoms with Crippen molar-refractivity contribution in [1.29, 1.82) is 0 Å².